The van der Waals surface area contributed by atoms with Crippen LogP contribution < -0.4 is 10.4 Å². The summed E-state index contributed by atoms with van der Waals surface area (Å²) < 4.78 is 0. The first kappa shape index (κ1) is 12.0. The lowest BCUT2D eigenvalue weighted by atomic mass is 9.85. The lowest BCUT2D eigenvalue weighted by Gasteiger charge is -2.30. The van der Waals surface area contributed by atoms with Crippen molar-refractivity contribution in [1.29, 1.82) is 0 Å². The molecule has 1 aliphatic rings. The van der Waals surface area contributed by atoms with Gasteiger partial charge in [-0.05, 0) is 24.0 Å². The van der Waals surface area contributed by atoms with Crippen LogP contribution in [0, 0.1) is 0 Å². The number of nitrogens with one attached hydrogen (secondary N) is 1. The Morgan fingerprint density at radius 2 is 1.94 bits per heavy atom. The topological polar surface area (TPSA) is 32.3 Å². The zero-order chi connectivity index (χ0) is 12.6. The molecule has 3 nitrogen and oxygen atoms in total. The van der Waals surface area contributed by atoms with E-state index < -0.39 is 0 Å². The average Bonchev–Trinajstić information content (AvgIpc) is 2.56. The smallest absolute Gasteiger partial charge is 0.240 e. The van der Waals surface area contributed by atoms with E-state index >= 15 is 0 Å². The number of hydrazine groups is 1. The van der Waals surface area contributed by atoms with E-state index in [9.17, 15) is 4.79 Å². The predicted octanol–water partition coefficient (Wildman–Crippen LogP) is 2.61. The van der Waals surface area contributed by atoms with Crippen molar-refractivity contribution < 1.29 is 4.79 Å². The minimum Gasteiger partial charge on any atom is -0.282 e. The quantitative estimate of drug-likeness (QED) is 0.807. The van der Waals surface area contributed by atoms with Crippen molar-refractivity contribution >= 4 is 11.6 Å². The van der Waals surface area contributed by atoms with Crippen LogP contribution in [0.1, 0.15) is 39.7 Å². The fraction of sp³-hybridized carbons (Fsp3) is 0.500. The summed E-state index contributed by atoms with van der Waals surface area (Å²) >= 11 is 0. The first-order valence-electron chi connectivity index (χ1n) is 6.08. The minimum absolute atomic E-state index is 0.0730. The van der Waals surface area contributed by atoms with Crippen LogP contribution in [-0.2, 0) is 10.2 Å². The highest BCUT2D eigenvalue weighted by Crippen LogP contribution is 2.33. The number of amides is 1. The molecule has 1 aliphatic heterocycles. The summed E-state index contributed by atoms with van der Waals surface area (Å²) in [6, 6.07) is 8.48. The Labute approximate surface area is 103 Å². The molecule has 1 saturated heterocycles. The molecule has 0 aromatic heterocycles. The van der Waals surface area contributed by atoms with Crippen molar-refractivity contribution in [2.45, 2.75) is 45.6 Å². The summed E-state index contributed by atoms with van der Waals surface area (Å²) in [5, 5.41) is 1.99. The van der Waals surface area contributed by atoms with Gasteiger partial charge in [0.2, 0.25) is 5.91 Å². The maximum absolute atomic E-state index is 11.4. The third-order valence-electron chi connectivity index (χ3n) is 3.14. The fourth-order valence-electron chi connectivity index (χ4n) is 2.27. The van der Waals surface area contributed by atoms with Crippen LogP contribution in [0.2, 0.25) is 0 Å². The van der Waals surface area contributed by atoms with Crippen molar-refractivity contribution in [2.75, 3.05) is 5.01 Å². The van der Waals surface area contributed by atoms with E-state index in [0.717, 1.165) is 5.69 Å². The molecule has 1 unspecified atom stereocenters. The first-order chi connectivity index (χ1) is 7.89. The lowest BCUT2D eigenvalue weighted by Crippen LogP contribution is -2.38. The number of anilines is 1. The largest absolute Gasteiger partial charge is 0.282 e. The van der Waals surface area contributed by atoms with Gasteiger partial charge in [0.25, 0.3) is 0 Å². The van der Waals surface area contributed by atoms with E-state index in [0.29, 0.717) is 6.42 Å². The van der Waals surface area contributed by atoms with Gasteiger partial charge in [-0.2, -0.15) is 0 Å². The maximum atomic E-state index is 11.4. The van der Waals surface area contributed by atoms with Crippen molar-refractivity contribution in [1.82, 2.24) is 5.43 Å². The number of carbonyl (C=O) groups is 1. The van der Waals surface area contributed by atoms with Crippen molar-refractivity contribution in [3.05, 3.63) is 29.8 Å². The summed E-state index contributed by atoms with van der Waals surface area (Å²) in [5.41, 5.74) is 5.37. The Bertz CT molecular complexity index is 434. The van der Waals surface area contributed by atoms with Crippen molar-refractivity contribution in [3.8, 4) is 0 Å². The Morgan fingerprint density at radius 1 is 1.29 bits per heavy atom. The second-order valence-electron chi connectivity index (χ2n) is 5.73. The number of hydrogen-bond acceptors (Lipinski definition) is 2. The highest BCUT2D eigenvalue weighted by molar-refractivity contribution is 5.83. The molecule has 1 amide bonds. The van der Waals surface area contributed by atoms with E-state index in [-0.39, 0.29) is 17.4 Å². The molecule has 0 radical (unpaired) electrons. The second kappa shape index (κ2) is 4.06. The molecule has 1 aromatic rings. The molecule has 2 rings (SSSR count). The average molecular weight is 232 g/mol. The van der Waals surface area contributed by atoms with Gasteiger partial charge in [-0.25, -0.2) is 0 Å². The lowest BCUT2D eigenvalue weighted by molar-refractivity contribution is -0.119. The van der Waals surface area contributed by atoms with E-state index in [2.05, 4.69) is 45.3 Å². The summed E-state index contributed by atoms with van der Waals surface area (Å²) in [7, 11) is 0. The van der Waals surface area contributed by atoms with Gasteiger partial charge in [0.05, 0.1) is 18.2 Å². The van der Waals surface area contributed by atoms with Crippen LogP contribution >= 0.6 is 0 Å². The molecule has 0 bridgehead atoms. The monoisotopic (exact) mass is 232 g/mol. The molecule has 1 N–H and O–H groups in total. The van der Waals surface area contributed by atoms with Crippen LogP contribution in [0.3, 0.4) is 0 Å². The Balaban J connectivity index is 2.42. The van der Waals surface area contributed by atoms with Crippen LogP contribution in [-0.4, -0.2) is 11.9 Å². The molecule has 1 fully saturated rings. The second-order valence-corrected chi connectivity index (χ2v) is 5.73. The van der Waals surface area contributed by atoms with Crippen molar-refractivity contribution in [3.63, 3.8) is 0 Å². The van der Waals surface area contributed by atoms with Crippen LogP contribution in [0.15, 0.2) is 24.3 Å². The molecule has 0 spiro atoms. The fourth-order valence-corrected chi connectivity index (χ4v) is 2.27. The summed E-state index contributed by atoms with van der Waals surface area (Å²) in [4.78, 5) is 11.4. The number of para-hydroxylation sites is 1. The standard InChI is InChI=1S/C14H20N2O/c1-10-9-13(17)15-16(10)12-8-6-5-7-11(12)14(2,3)4/h5-8,10H,9H2,1-4H3,(H,15,17). The molecule has 3 heteroatoms. The number of carbonyl (C=O) groups excluding carboxylic acids is 1. The number of rotatable bonds is 1. The van der Waals surface area contributed by atoms with E-state index in [1.807, 2.05) is 17.1 Å². The molecule has 1 atom stereocenters. The molecule has 17 heavy (non-hydrogen) atoms. The van der Waals surface area contributed by atoms with Gasteiger partial charge in [-0.3, -0.25) is 15.2 Å². The summed E-state index contributed by atoms with van der Waals surface area (Å²) in [5.74, 6) is 0.0983. The van der Waals surface area contributed by atoms with Crippen LogP contribution in [0.4, 0.5) is 5.69 Å². The SMILES string of the molecule is CC1CC(=O)NN1c1ccccc1C(C)(C)C. The van der Waals surface area contributed by atoms with Gasteiger partial charge in [0, 0.05) is 0 Å². The zero-order valence-electron chi connectivity index (χ0n) is 10.9. The van der Waals surface area contributed by atoms with E-state index in [4.69, 9.17) is 0 Å². The predicted molar refractivity (Wildman–Crippen MR) is 69.8 cm³/mol. The highest BCUT2D eigenvalue weighted by atomic mass is 16.2. The number of nitrogens with zero attached hydrogens (tertiary/aromatic N) is 1. The molecular weight excluding hydrogens is 212 g/mol. The van der Waals surface area contributed by atoms with Gasteiger partial charge >= 0.3 is 0 Å². The molecular formula is C14H20N2O. The van der Waals surface area contributed by atoms with Crippen molar-refractivity contribution in [2.24, 2.45) is 0 Å². The third kappa shape index (κ3) is 2.28. The van der Waals surface area contributed by atoms with Gasteiger partial charge in [-0.15, -0.1) is 0 Å². The van der Waals surface area contributed by atoms with Crippen LogP contribution in [0.5, 0.6) is 0 Å². The van der Waals surface area contributed by atoms with E-state index in [1.54, 1.807) is 0 Å². The highest BCUT2D eigenvalue weighted by Gasteiger charge is 2.30. The molecule has 1 aromatic carbocycles. The van der Waals surface area contributed by atoms with Gasteiger partial charge in [0.15, 0.2) is 0 Å². The summed E-state index contributed by atoms with van der Waals surface area (Å²) in [6.07, 6.45) is 0.568. The van der Waals surface area contributed by atoms with Crippen LogP contribution in [0.25, 0.3) is 0 Å². The molecule has 0 saturated carbocycles. The Hall–Kier alpha value is -1.51. The maximum Gasteiger partial charge on any atom is 0.240 e. The van der Waals surface area contributed by atoms with Gasteiger partial charge in [0.1, 0.15) is 0 Å². The van der Waals surface area contributed by atoms with E-state index in [1.165, 1.54) is 5.56 Å². The normalized spacial score (nSPS) is 20.6. The number of hydrogen-bond donors (Lipinski definition) is 1. The minimum atomic E-state index is 0.0730. The summed E-state index contributed by atoms with van der Waals surface area (Å²) in [6.45, 7) is 8.63. The first-order valence-corrected chi connectivity index (χ1v) is 6.08. The van der Waals surface area contributed by atoms with Gasteiger partial charge < -0.3 is 0 Å². The molecule has 0 aliphatic carbocycles. The zero-order valence-corrected chi connectivity index (χ0v) is 10.9. The Morgan fingerprint density at radius 3 is 2.47 bits per heavy atom. The third-order valence-corrected chi connectivity index (χ3v) is 3.14. The number of benzene rings is 1. The molecule has 1 heterocycles. The van der Waals surface area contributed by atoms with Gasteiger partial charge in [-0.1, -0.05) is 39.0 Å². The molecule has 92 valence electrons. The Kier molecular flexibility index (Phi) is 2.86.